The second-order valence-corrected chi connectivity index (χ2v) is 4.84. The monoisotopic (exact) mass is 258 g/mol. The molecule has 0 fully saturated rings. The molecule has 0 unspecified atom stereocenters. The maximum absolute atomic E-state index is 11.5. The van der Waals surface area contributed by atoms with Crippen LogP contribution in [0.2, 0.25) is 0 Å². The number of hydrogen-bond donors (Lipinski definition) is 2. The molecule has 0 rings (SSSR count). The van der Waals surface area contributed by atoms with E-state index in [4.69, 9.17) is 0 Å². The van der Waals surface area contributed by atoms with Gasteiger partial charge in [-0.2, -0.15) is 0 Å². The van der Waals surface area contributed by atoms with Gasteiger partial charge in [-0.25, -0.2) is 0 Å². The van der Waals surface area contributed by atoms with Crippen LogP contribution in [0, 0.1) is 5.41 Å². The minimum absolute atomic E-state index is 0.110. The van der Waals surface area contributed by atoms with Gasteiger partial charge in [0.1, 0.15) is 6.54 Å². The van der Waals surface area contributed by atoms with E-state index in [1.807, 2.05) is 0 Å². The van der Waals surface area contributed by atoms with Crippen LogP contribution in [0.15, 0.2) is 0 Å². The minimum Gasteiger partial charge on any atom is -0.465 e. The lowest BCUT2D eigenvalue weighted by atomic mass is 9.96. The van der Waals surface area contributed by atoms with E-state index < -0.39 is 11.4 Å². The summed E-state index contributed by atoms with van der Waals surface area (Å²) in [4.78, 5) is 33.7. The maximum atomic E-state index is 11.5. The highest BCUT2D eigenvalue weighted by atomic mass is 16.5. The Morgan fingerprint density at radius 3 is 2.22 bits per heavy atom. The Balaban J connectivity index is 3.72. The lowest BCUT2D eigenvalue weighted by Crippen LogP contribution is -2.38. The lowest BCUT2D eigenvalue weighted by Gasteiger charge is -2.17. The van der Waals surface area contributed by atoms with E-state index in [2.05, 4.69) is 15.4 Å². The van der Waals surface area contributed by atoms with E-state index in [9.17, 15) is 14.4 Å². The van der Waals surface area contributed by atoms with E-state index in [1.165, 1.54) is 0 Å². The van der Waals surface area contributed by atoms with Crippen molar-refractivity contribution in [2.24, 2.45) is 5.41 Å². The summed E-state index contributed by atoms with van der Waals surface area (Å²) >= 11 is 0. The standard InChI is InChI=1S/C12H22N2O4/c1-5-18-10(16)8-14-9(15)6-7-13-11(17)12(2,3)4/h5-8H2,1-4H3,(H,13,17)(H,14,15). The summed E-state index contributed by atoms with van der Waals surface area (Å²) in [6, 6.07) is 0. The van der Waals surface area contributed by atoms with Crippen molar-refractivity contribution in [2.75, 3.05) is 19.7 Å². The zero-order chi connectivity index (χ0) is 14.2. The third kappa shape index (κ3) is 7.65. The molecule has 6 heteroatoms. The number of hydrogen-bond acceptors (Lipinski definition) is 4. The molecule has 0 aromatic heterocycles. The van der Waals surface area contributed by atoms with Crippen LogP contribution in [-0.2, 0) is 19.1 Å². The Morgan fingerprint density at radius 2 is 1.72 bits per heavy atom. The average Bonchev–Trinajstić information content (AvgIpc) is 2.25. The molecule has 104 valence electrons. The molecule has 2 amide bonds. The second-order valence-electron chi connectivity index (χ2n) is 4.84. The number of esters is 1. The van der Waals surface area contributed by atoms with Gasteiger partial charge < -0.3 is 15.4 Å². The lowest BCUT2D eigenvalue weighted by molar-refractivity contribution is -0.143. The van der Waals surface area contributed by atoms with Crippen molar-refractivity contribution < 1.29 is 19.1 Å². The van der Waals surface area contributed by atoms with Gasteiger partial charge in [-0.15, -0.1) is 0 Å². The molecule has 0 aliphatic carbocycles. The number of nitrogens with one attached hydrogen (secondary N) is 2. The molecular formula is C12H22N2O4. The van der Waals surface area contributed by atoms with Gasteiger partial charge in [0.05, 0.1) is 6.61 Å². The molecule has 2 N–H and O–H groups in total. The molecule has 0 aromatic rings. The number of ether oxygens (including phenoxy) is 1. The van der Waals surface area contributed by atoms with Crippen molar-refractivity contribution >= 4 is 17.8 Å². The summed E-state index contributed by atoms with van der Waals surface area (Å²) in [5.74, 6) is -0.873. The zero-order valence-corrected chi connectivity index (χ0v) is 11.5. The van der Waals surface area contributed by atoms with Gasteiger partial charge in [-0.05, 0) is 6.92 Å². The van der Waals surface area contributed by atoms with Gasteiger partial charge >= 0.3 is 5.97 Å². The van der Waals surface area contributed by atoms with Crippen LogP contribution in [-0.4, -0.2) is 37.5 Å². The van der Waals surface area contributed by atoms with Gasteiger partial charge in [0.2, 0.25) is 11.8 Å². The summed E-state index contributed by atoms with van der Waals surface area (Å²) < 4.78 is 4.66. The first kappa shape index (κ1) is 16.4. The normalized spacial score (nSPS) is 10.7. The van der Waals surface area contributed by atoms with E-state index in [0.717, 1.165) is 0 Å². The van der Waals surface area contributed by atoms with Crippen molar-refractivity contribution in [1.82, 2.24) is 10.6 Å². The van der Waals surface area contributed by atoms with E-state index in [0.29, 0.717) is 0 Å². The van der Waals surface area contributed by atoms with E-state index >= 15 is 0 Å². The molecule has 0 aromatic carbocycles. The molecule has 0 aliphatic heterocycles. The van der Waals surface area contributed by atoms with Crippen molar-refractivity contribution in [3.05, 3.63) is 0 Å². The van der Waals surface area contributed by atoms with Crippen LogP contribution in [0.25, 0.3) is 0 Å². The molecule has 18 heavy (non-hydrogen) atoms. The third-order valence-electron chi connectivity index (χ3n) is 2.05. The molecule has 6 nitrogen and oxygen atoms in total. The fourth-order valence-electron chi connectivity index (χ4n) is 1.03. The smallest absolute Gasteiger partial charge is 0.325 e. The molecule has 0 atom stereocenters. The first-order chi connectivity index (χ1) is 8.27. The maximum Gasteiger partial charge on any atom is 0.325 e. The molecule has 0 saturated heterocycles. The molecule has 0 radical (unpaired) electrons. The summed E-state index contributed by atoms with van der Waals surface area (Å²) in [7, 11) is 0. The Hall–Kier alpha value is -1.59. The predicted molar refractivity (Wildman–Crippen MR) is 66.7 cm³/mol. The van der Waals surface area contributed by atoms with Gasteiger partial charge in [0.15, 0.2) is 0 Å². The minimum atomic E-state index is -0.471. The van der Waals surface area contributed by atoms with E-state index in [-0.39, 0.29) is 37.9 Å². The summed E-state index contributed by atoms with van der Waals surface area (Å²) in [5.41, 5.74) is -0.471. The third-order valence-corrected chi connectivity index (χ3v) is 2.05. The predicted octanol–water partition coefficient (Wildman–Crippen LogP) is 0.218. The molecule has 0 saturated carbocycles. The van der Waals surface area contributed by atoms with Crippen LogP contribution < -0.4 is 10.6 Å². The van der Waals surface area contributed by atoms with Crippen LogP contribution in [0.3, 0.4) is 0 Å². The fourth-order valence-corrected chi connectivity index (χ4v) is 1.03. The molecule has 0 aliphatic rings. The van der Waals surface area contributed by atoms with Crippen molar-refractivity contribution in [2.45, 2.75) is 34.1 Å². The first-order valence-corrected chi connectivity index (χ1v) is 5.98. The van der Waals surface area contributed by atoms with Gasteiger partial charge in [-0.3, -0.25) is 14.4 Å². The van der Waals surface area contributed by atoms with Gasteiger partial charge in [-0.1, -0.05) is 20.8 Å². The highest BCUT2D eigenvalue weighted by molar-refractivity contribution is 5.84. The molecular weight excluding hydrogens is 236 g/mol. The average molecular weight is 258 g/mol. The Kier molecular flexibility index (Phi) is 7.00. The fraction of sp³-hybridized carbons (Fsp3) is 0.750. The highest BCUT2D eigenvalue weighted by Crippen LogP contribution is 2.11. The Morgan fingerprint density at radius 1 is 1.11 bits per heavy atom. The summed E-state index contributed by atoms with van der Waals surface area (Å²) in [6.45, 7) is 7.48. The number of carbonyl (C=O) groups is 3. The molecule has 0 spiro atoms. The number of amides is 2. The highest BCUT2D eigenvalue weighted by Gasteiger charge is 2.20. The van der Waals surface area contributed by atoms with Crippen LogP contribution in [0.1, 0.15) is 34.1 Å². The van der Waals surface area contributed by atoms with Crippen LogP contribution in [0.5, 0.6) is 0 Å². The quantitative estimate of drug-likeness (QED) is 0.667. The summed E-state index contributed by atoms with van der Waals surface area (Å²) in [6.07, 6.45) is 0.140. The van der Waals surface area contributed by atoms with Crippen molar-refractivity contribution in [3.63, 3.8) is 0 Å². The molecule has 0 heterocycles. The second kappa shape index (κ2) is 7.68. The van der Waals surface area contributed by atoms with Gasteiger partial charge in [0, 0.05) is 18.4 Å². The molecule has 0 bridgehead atoms. The van der Waals surface area contributed by atoms with E-state index in [1.54, 1.807) is 27.7 Å². The summed E-state index contributed by atoms with van der Waals surface area (Å²) in [5, 5.41) is 5.07. The SMILES string of the molecule is CCOC(=O)CNC(=O)CCNC(=O)C(C)(C)C. The van der Waals surface area contributed by atoms with Crippen molar-refractivity contribution in [3.8, 4) is 0 Å². The van der Waals surface area contributed by atoms with Gasteiger partial charge in [0.25, 0.3) is 0 Å². The number of carbonyl (C=O) groups excluding carboxylic acids is 3. The first-order valence-electron chi connectivity index (χ1n) is 5.98. The topological polar surface area (TPSA) is 84.5 Å². The van der Waals surface area contributed by atoms with Crippen molar-refractivity contribution in [1.29, 1.82) is 0 Å². The number of rotatable bonds is 6. The largest absolute Gasteiger partial charge is 0.465 e. The van der Waals surface area contributed by atoms with Crippen LogP contribution in [0.4, 0.5) is 0 Å². The van der Waals surface area contributed by atoms with Crippen LogP contribution >= 0.6 is 0 Å². The Bertz CT molecular complexity index is 308. The Labute approximate surface area is 107 Å². The zero-order valence-electron chi connectivity index (χ0n) is 11.5.